The molecule has 8 aromatic carbocycles. The molecule has 398 valence electrons. The number of nitro benzene ring substituents is 4. The highest BCUT2D eigenvalue weighted by molar-refractivity contribution is 7.95. The van der Waals surface area contributed by atoms with Gasteiger partial charge in [0.1, 0.15) is 46.4 Å². The molecule has 0 aliphatic rings. The average Bonchev–Trinajstić information content (AvgIpc) is 3.53. The van der Waals surface area contributed by atoms with Crippen molar-refractivity contribution in [2.24, 2.45) is 0 Å². The largest absolute Gasteiger partial charge is 0.550 e. The van der Waals surface area contributed by atoms with Crippen molar-refractivity contribution in [3.63, 3.8) is 0 Å². The van der Waals surface area contributed by atoms with E-state index in [0.29, 0.717) is 23.5 Å². The summed E-state index contributed by atoms with van der Waals surface area (Å²) in [6.45, 7) is 12.2. The summed E-state index contributed by atoms with van der Waals surface area (Å²) >= 11 is 0. The molecule has 0 aromatic heterocycles. The van der Waals surface area contributed by atoms with Gasteiger partial charge in [-0.1, -0.05) is 106 Å². The predicted molar refractivity (Wildman–Crippen MR) is 305 cm³/mol. The third kappa shape index (κ3) is 14.5. The van der Waals surface area contributed by atoms with Gasteiger partial charge in [-0.15, -0.1) is 0 Å². The molecule has 16 nitrogen and oxygen atoms in total. The zero-order valence-corrected chi connectivity index (χ0v) is 45.5. The van der Waals surface area contributed by atoms with Gasteiger partial charge in [0.05, 0.1) is 44.1 Å². The summed E-state index contributed by atoms with van der Waals surface area (Å²) in [5.74, 6) is -2.73. The van der Waals surface area contributed by atoms with Crippen LogP contribution < -0.4 is 42.0 Å². The van der Waals surface area contributed by atoms with Crippen LogP contribution >= 0.6 is 14.5 Å². The molecule has 0 aliphatic carbocycles. The third-order valence-electron chi connectivity index (χ3n) is 13.0. The molecule has 0 saturated carbocycles. The quantitative estimate of drug-likeness (QED) is 0.0470. The van der Waals surface area contributed by atoms with Crippen LogP contribution in [0.5, 0.6) is 0 Å². The van der Waals surface area contributed by atoms with E-state index in [9.17, 15) is 60.3 Å². The number of rotatable bonds is 17. The molecule has 0 N–H and O–H groups in total. The lowest BCUT2D eigenvalue weighted by molar-refractivity contribution is -0.394. The molecule has 18 heteroatoms. The highest BCUT2D eigenvalue weighted by Crippen LogP contribution is 2.60. The molecule has 0 atom stereocenters. The zero-order valence-electron chi connectivity index (χ0n) is 43.7. The van der Waals surface area contributed by atoms with E-state index in [-0.39, 0.29) is 22.7 Å². The molecule has 0 radical (unpaired) electrons. The minimum atomic E-state index is -2.38. The van der Waals surface area contributed by atoms with Gasteiger partial charge in [-0.05, 0) is 127 Å². The van der Waals surface area contributed by atoms with E-state index in [1.807, 2.05) is 41.5 Å². The number of benzene rings is 8. The van der Waals surface area contributed by atoms with E-state index < -0.39 is 59.0 Å². The average molecular weight is 1090 g/mol. The number of carbonyl (C=O) groups is 2. The Morgan fingerprint density at radius 1 is 0.321 bits per heavy atom. The molecule has 0 saturated heterocycles. The smallest absolute Gasteiger partial charge is 0.276 e. The second-order valence-corrected chi connectivity index (χ2v) is 25.9. The SMILES string of the molecule is Cc1ccc([P+](Cc2cc([N+](=O)[O-])cc([N+](=O)[O-])c2)(c2ccc(C)cc2)c2ccc(C)cc2)cc1.Cc1ccc([P+](Cc2cc([N+](=O)[O-])cc([N+](=O)[O-])c2)(c2ccc(C)cc2)c2ccc(C)cc2)cc1.O=C([O-])CCC(=O)[O-]. The Kier molecular flexibility index (Phi) is 19.3. The first-order chi connectivity index (χ1) is 37.0. The summed E-state index contributed by atoms with van der Waals surface area (Å²) in [4.78, 5) is 63.2. The van der Waals surface area contributed by atoms with Crippen molar-refractivity contribution >= 4 is 81.0 Å². The van der Waals surface area contributed by atoms with Gasteiger partial charge >= 0.3 is 0 Å². The molecule has 8 aromatic rings. The maximum atomic E-state index is 11.6. The number of carboxylic acid groups (broad SMARTS) is 2. The standard InChI is InChI=1S/2C28H26N2O4P.C4H6O4/c2*1-20-4-10-26(11-5-20)35(27-12-6-21(2)7-13-27,28-14-8-22(3)9-15-28)19-23-16-24(29(31)32)18-25(17-23)30(33)34;5-3(6)1-2-4(7)8/h2*4-18H,19H2,1-3H3;1-2H2,(H,5,6)(H,7,8)/q2*+1;/p-2. The Morgan fingerprint density at radius 3 is 0.628 bits per heavy atom. The number of hydrogen-bond acceptors (Lipinski definition) is 12. The lowest BCUT2D eigenvalue weighted by Gasteiger charge is -2.28. The van der Waals surface area contributed by atoms with Crippen LogP contribution in [0.1, 0.15) is 57.3 Å². The fourth-order valence-electron chi connectivity index (χ4n) is 8.91. The molecule has 0 unspecified atom stereocenters. The lowest BCUT2D eigenvalue weighted by atomic mass is 10.2. The van der Waals surface area contributed by atoms with Gasteiger partial charge < -0.3 is 19.8 Å². The number of hydrogen-bond donors (Lipinski definition) is 0. The van der Waals surface area contributed by atoms with Crippen molar-refractivity contribution in [1.82, 2.24) is 0 Å². The summed E-state index contributed by atoms with van der Waals surface area (Å²) < 4.78 is 0. The fourth-order valence-corrected chi connectivity index (χ4v) is 17.2. The number of nitrogens with zero attached hydrogens (tertiary/aromatic N) is 4. The van der Waals surface area contributed by atoms with Gasteiger partial charge in [0.15, 0.2) is 0 Å². The Balaban J connectivity index is 0.000000221. The second-order valence-electron chi connectivity index (χ2n) is 18.9. The fraction of sp³-hybridized carbons (Fsp3) is 0.167. The van der Waals surface area contributed by atoms with Crippen molar-refractivity contribution in [2.45, 2.75) is 66.7 Å². The minimum Gasteiger partial charge on any atom is -0.550 e. The zero-order chi connectivity index (χ0) is 56.9. The van der Waals surface area contributed by atoms with Crippen molar-refractivity contribution in [1.29, 1.82) is 0 Å². The van der Waals surface area contributed by atoms with Crippen LogP contribution in [-0.4, -0.2) is 31.6 Å². The maximum Gasteiger partial charge on any atom is 0.276 e. The van der Waals surface area contributed by atoms with Crippen LogP contribution in [0.15, 0.2) is 182 Å². The van der Waals surface area contributed by atoms with Crippen LogP contribution in [0.2, 0.25) is 0 Å². The predicted octanol–water partition coefficient (Wildman–Crippen LogP) is 9.11. The first kappa shape index (κ1) is 58.4. The molecular weight excluding hydrogens is 1030 g/mol. The number of non-ortho nitro benzene ring substituents is 4. The molecule has 0 spiro atoms. The number of nitro groups is 4. The Hall–Kier alpha value is -8.84. The molecule has 0 bridgehead atoms. The van der Waals surface area contributed by atoms with Gasteiger partial charge in [0, 0.05) is 47.3 Å². The molecule has 0 heterocycles. The van der Waals surface area contributed by atoms with Crippen molar-refractivity contribution in [3.05, 3.63) is 267 Å². The van der Waals surface area contributed by atoms with E-state index in [1.54, 1.807) is 0 Å². The normalized spacial score (nSPS) is 11.0. The summed E-state index contributed by atoms with van der Waals surface area (Å²) in [7, 11) is -4.76. The van der Waals surface area contributed by atoms with Crippen LogP contribution in [0.25, 0.3) is 0 Å². The molecule has 0 aliphatic heterocycles. The molecule has 78 heavy (non-hydrogen) atoms. The van der Waals surface area contributed by atoms with E-state index >= 15 is 0 Å². The van der Waals surface area contributed by atoms with Crippen molar-refractivity contribution in [2.75, 3.05) is 0 Å². The minimum absolute atomic E-state index is 0.274. The van der Waals surface area contributed by atoms with Gasteiger partial charge in [-0.25, -0.2) is 0 Å². The first-order valence-corrected chi connectivity index (χ1v) is 28.4. The van der Waals surface area contributed by atoms with E-state index in [1.165, 1.54) is 24.3 Å². The van der Waals surface area contributed by atoms with Crippen LogP contribution in [0, 0.1) is 82.0 Å². The summed E-state index contributed by atoms with van der Waals surface area (Å²) in [6.07, 6.45) is -0.0972. The number of aliphatic carboxylic acids is 2. The Morgan fingerprint density at radius 2 is 0.487 bits per heavy atom. The Bertz CT molecular complexity index is 2950. The van der Waals surface area contributed by atoms with Gasteiger partial charge in [-0.2, -0.15) is 0 Å². The summed E-state index contributed by atoms with van der Waals surface area (Å²) in [6, 6.07) is 58.2. The summed E-state index contributed by atoms with van der Waals surface area (Å²) in [5.41, 5.74) is 6.83. The Labute approximate surface area is 452 Å². The van der Waals surface area contributed by atoms with E-state index in [4.69, 9.17) is 0 Å². The monoisotopic (exact) mass is 1090 g/mol. The topological polar surface area (TPSA) is 253 Å². The molecule has 0 amide bonds. The third-order valence-corrected chi connectivity index (χ3v) is 21.7. The number of carbonyl (C=O) groups excluding carboxylic acids is 2. The van der Waals surface area contributed by atoms with Crippen LogP contribution in [0.3, 0.4) is 0 Å². The van der Waals surface area contributed by atoms with Crippen molar-refractivity contribution in [3.8, 4) is 0 Å². The van der Waals surface area contributed by atoms with Crippen LogP contribution in [-0.2, 0) is 21.9 Å². The maximum absolute atomic E-state index is 11.6. The number of aryl methyl sites for hydroxylation is 6. The lowest BCUT2D eigenvalue weighted by Crippen LogP contribution is -2.32. The van der Waals surface area contributed by atoms with Gasteiger partial charge in [0.2, 0.25) is 0 Å². The molecular formula is C60H56N4O12P2. The van der Waals surface area contributed by atoms with E-state index in [2.05, 4.69) is 146 Å². The molecule has 0 fully saturated rings. The number of carboxylic acids is 2. The second kappa shape index (κ2) is 25.8. The van der Waals surface area contributed by atoms with Gasteiger partial charge in [-0.3, -0.25) is 40.5 Å². The highest BCUT2D eigenvalue weighted by atomic mass is 31.2. The van der Waals surface area contributed by atoms with E-state index in [0.717, 1.165) is 77.3 Å². The summed E-state index contributed by atoms with van der Waals surface area (Å²) in [5, 5.41) is 72.1. The van der Waals surface area contributed by atoms with Gasteiger partial charge in [0.25, 0.3) is 22.7 Å². The first-order valence-electron chi connectivity index (χ1n) is 24.5. The van der Waals surface area contributed by atoms with Crippen LogP contribution in [0.4, 0.5) is 22.7 Å². The highest BCUT2D eigenvalue weighted by Gasteiger charge is 2.47. The van der Waals surface area contributed by atoms with Crippen molar-refractivity contribution < 1.29 is 39.5 Å². The molecule has 8 rings (SSSR count).